The van der Waals surface area contributed by atoms with Crippen molar-refractivity contribution in [1.82, 2.24) is 0 Å². The molecule has 0 saturated carbocycles. The van der Waals surface area contributed by atoms with Crippen LogP contribution in [0.4, 0.5) is 0 Å². The Kier molecular flexibility index (Phi) is 76.7. The molecule has 0 atom stereocenters. The topological polar surface area (TPSA) is 68.5 Å². The van der Waals surface area contributed by atoms with Crippen LogP contribution in [0.1, 0.15) is 0 Å². The van der Waals surface area contributed by atoms with E-state index in [0.29, 0.717) is 0 Å². The summed E-state index contributed by atoms with van der Waals surface area (Å²) in [6, 6.07) is 0. The standard InChI is InChI=1S/Ir.O3.O/c;1-3-2;. The number of hydrogen-bond donors (Lipinski definition) is 0. The molecule has 0 N–H and O–H groups in total. The van der Waals surface area contributed by atoms with E-state index in [1.54, 1.807) is 4.75 Å². The molecule has 0 aromatic rings. The summed E-state index contributed by atoms with van der Waals surface area (Å²) >= 11 is 0.750. The van der Waals surface area contributed by atoms with Crippen molar-refractivity contribution in [2.45, 2.75) is 0 Å². The van der Waals surface area contributed by atoms with Crippen LogP contribution in [-0.4, -0.2) is 0 Å². The van der Waals surface area contributed by atoms with Crippen LogP contribution in [0, 0.1) is 9.71 Å². The van der Waals surface area contributed by atoms with Gasteiger partial charge in [-0.05, 0) is 0 Å². The van der Waals surface area contributed by atoms with Crippen molar-refractivity contribution in [3.05, 3.63) is 9.71 Å². The summed E-state index contributed by atoms with van der Waals surface area (Å²) in [5.41, 5.74) is 0. The van der Waals surface area contributed by atoms with E-state index in [4.69, 9.17) is 13.7 Å². The Morgan fingerprint density at radius 2 is 1.60 bits per heavy atom. The van der Waals surface area contributed by atoms with E-state index in [2.05, 4.69) is 0 Å². The summed E-state index contributed by atoms with van der Waals surface area (Å²) in [7, 11) is 0. The van der Waals surface area contributed by atoms with E-state index in [1.807, 2.05) is 0 Å². The second kappa shape index (κ2) is 43.3. The average Bonchev–Trinajstić information content (AvgIpc) is 1.46. The summed E-state index contributed by atoms with van der Waals surface area (Å²) in [5, 5.41) is 7.88. The van der Waals surface area contributed by atoms with Crippen LogP contribution in [0.3, 0.4) is 0 Å². The van der Waals surface area contributed by atoms with Crippen LogP contribution in [0.2, 0.25) is 0 Å². The van der Waals surface area contributed by atoms with Crippen LogP contribution in [0.25, 0.3) is 0 Å². The van der Waals surface area contributed by atoms with Crippen molar-refractivity contribution in [2.75, 3.05) is 0 Å². The summed E-state index contributed by atoms with van der Waals surface area (Å²) < 4.78 is 10.0. The molecule has 0 rings (SSSR count). The third kappa shape index (κ3) is 580. The zero-order chi connectivity index (χ0) is 4.71. The maximum absolute atomic E-state index is 8.25. The van der Waals surface area contributed by atoms with Crippen LogP contribution in [-0.2, 0) is 22.4 Å². The first-order valence-corrected chi connectivity index (χ1v) is 1.45. The molecule has 33 valence electrons. The number of hydrogen-bond acceptors (Lipinski definition) is 3. The summed E-state index contributed by atoms with van der Waals surface area (Å²) in [6.07, 6.45) is 0. The monoisotopic (exact) mass is 257 g/mol. The van der Waals surface area contributed by atoms with Crippen molar-refractivity contribution < 1.29 is 27.6 Å². The van der Waals surface area contributed by atoms with Crippen LogP contribution < -0.4 is 5.26 Å². The Balaban J connectivity index is 0. The molecule has 0 heterocycles. The van der Waals surface area contributed by atoms with Gasteiger partial charge in [0, 0.05) is 0 Å². The second-order valence-electron chi connectivity index (χ2n) is 0.0680. The molecular weight excluding hydrogens is 256 g/mol. The fraction of sp³-hybridized carbons (Fsp3) is 0. The van der Waals surface area contributed by atoms with Crippen molar-refractivity contribution in [2.24, 2.45) is 0 Å². The normalized spacial score (nSPS) is 3.40. The molecule has 0 aliphatic heterocycles. The maximum atomic E-state index is 8.25. The molecule has 0 aromatic heterocycles. The average molecular weight is 256 g/mol. The molecule has 0 unspecified atom stereocenters. The molecule has 0 aromatic carbocycles. The molecule has 0 saturated heterocycles. The van der Waals surface area contributed by atoms with Gasteiger partial charge in [0.05, 0.1) is 0 Å². The molecule has 0 aliphatic rings. The van der Waals surface area contributed by atoms with Crippen molar-refractivity contribution in [3.8, 4) is 0 Å². The molecule has 0 aliphatic carbocycles. The first-order valence-electron chi connectivity index (χ1n) is 0.469. The molecule has 0 spiro atoms. The van der Waals surface area contributed by atoms with Gasteiger partial charge in [0.15, 0.2) is 4.75 Å². The molecule has 5 heavy (non-hydrogen) atoms. The van der Waals surface area contributed by atoms with E-state index in [0.717, 1.165) is 18.9 Å². The summed E-state index contributed by atoms with van der Waals surface area (Å²) in [6.45, 7) is 0. The first-order chi connectivity index (χ1) is 2.41. The summed E-state index contributed by atoms with van der Waals surface area (Å²) in [5.74, 6) is 0. The van der Waals surface area contributed by atoms with E-state index < -0.39 is 0 Å². The molecule has 4 nitrogen and oxygen atoms in total. The Hall–Kier alpha value is -0.151. The zero-order valence-electron chi connectivity index (χ0n) is 1.97. The SMILES string of the molecule is O=[O+][O-].[O]=[Ir]. The third-order valence-electron chi connectivity index (χ3n) is 0. The van der Waals surface area contributed by atoms with E-state index in [1.165, 1.54) is 0 Å². The Bertz CT molecular complexity index is 17.6. The van der Waals surface area contributed by atoms with Crippen LogP contribution >= 0.6 is 0 Å². The predicted molar refractivity (Wildman–Crippen MR) is 7.42 cm³/mol. The van der Waals surface area contributed by atoms with Crippen LogP contribution in [0.5, 0.6) is 0 Å². The Morgan fingerprint density at radius 3 is 1.60 bits per heavy atom. The van der Waals surface area contributed by atoms with Gasteiger partial charge in [0.25, 0.3) is 0 Å². The van der Waals surface area contributed by atoms with Gasteiger partial charge >= 0.3 is 22.4 Å². The van der Waals surface area contributed by atoms with Crippen molar-refractivity contribution >= 4 is 0 Å². The minimum atomic E-state index is 0.750. The molecule has 0 amide bonds. The fourth-order valence-corrected chi connectivity index (χ4v) is 0. The zero-order valence-corrected chi connectivity index (χ0v) is 4.36. The molecule has 5 heteroatoms. The molecule has 0 fully saturated rings. The van der Waals surface area contributed by atoms with Gasteiger partial charge < -0.3 is 0 Å². The van der Waals surface area contributed by atoms with Gasteiger partial charge in [-0.15, -0.1) is 0 Å². The van der Waals surface area contributed by atoms with E-state index in [9.17, 15) is 0 Å². The second-order valence-corrected chi connectivity index (χ2v) is 0.0680. The van der Waals surface area contributed by atoms with Crippen molar-refractivity contribution in [3.63, 3.8) is 0 Å². The van der Waals surface area contributed by atoms with E-state index in [-0.39, 0.29) is 0 Å². The van der Waals surface area contributed by atoms with Gasteiger partial charge in [-0.3, -0.25) is 0 Å². The van der Waals surface area contributed by atoms with Gasteiger partial charge in [0.1, 0.15) is 0 Å². The van der Waals surface area contributed by atoms with Gasteiger partial charge in [0.2, 0.25) is 0 Å². The number of rotatable bonds is 0. The molecule has 0 radical (unpaired) electrons. The molecule has 0 bridgehead atoms. The van der Waals surface area contributed by atoms with Gasteiger partial charge in [-0.1, -0.05) is 10.2 Å². The van der Waals surface area contributed by atoms with E-state index >= 15 is 0 Å². The predicted octanol–water partition coefficient (Wildman–Crippen LogP) is -1.24. The van der Waals surface area contributed by atoms with Gasteiger partial charge in [-0.25, -0.2) is 0 Å². The Labute approximate surface area is 38.1 Å². The van der Waals surface area contributed by atoms with Gasteiger partial charge in [-0.2, -0.15) is 0 Å². The quantitative estimate of drug-likeness (QED) is 0.309. The molecular formula is IrO4. The third-order valence-corrected chi connectivity index (χ3v) is 0. The van der Waals surface area contributed by atoms with Crippen molar-refractivity contribution in [1.29, 1.82) is 0 Å². The Morgan fingerprint density at radius 1 is 1.60 bits per heavy atom. The minimum absolute atomic E-state index is 0.750. The van der Waals surface area contributed by atoms with Crippen LogP contribution in [0.15, 0.2) is 0 Å². The fourth-order valence-electron chi connectivity index (χ4n) is 0. The summed E-state index contributed by atoms with van der Waals surface area (Å²) in [4.78, 5) is 7.88. The first kappa shape index (κ1) is 8.85.